The van der Waals surface area contributed by atoms with Crippen LogP contribution in [0.4, 0.5) is 0 Å². The summed E-state index contributed by atoms with van der Waals surface area (Å²) in [6.45, 7) is 0. The number of rotatable bonds is 0. The van der Waals surface area contributed by atoms with Crippen molar-refractivity contribution < 1.29 is 78.9 Å². The second-order valence-corrected chi connectivity index (χ2v) is 0. The van der Waals surface area contributed by atoms with E-state index in [0.717, 1.165) is 0 Å². The molecule has 17 valence electrons. The minimum absolute atomic E-state index is 0. The van der Waals surface area contributed by atoms with Crippen LogP contribution >= 0.6 is 0 Å². The van der Waals surface area contributed by atoms with Gasteiger partial charge in [0.15, 0.2) is 0 Å². The summed E-state index contributed by atoms with van der Waals surface area (Å²) in [6.07, 6.45) is 0. The molecule has 0 rings (SSSR count). The molecule has 1 radical (unpaired) electrons. The predicted octanol–water partition coefficient (Wildman–Crippen LogP) is -0.946. The van der Waals surface area contributed by atoms with Crippen LogP contribution in [0.5, 0.6) is 0 Å². The Morgan fingerprint density at radius 2 is 1.00 bits per heavy atom. The molecule has 0 saturated heterocycles. The summed E-state index contributed by atoms with van der Waals surface area (Å²) >= 11 is 0. The third-order valence-corrected chi connectivity index (χ3v) is 0. The molecule has 0 aliphatic rings. The minimum atomic E-state index is 0. The van der Waals surface area contributed by atoms with Gasteiger partial charge >= 0.3 is 68.0 Å². The Morgan fingerprint density at radius 1 is 1.00 bits per heavy atom. The summed E-state index contributed by atoms with van der Waals surface area (Å²) in [6, 6.07) is 0. The van der Waals surface area contributed by atoms with E-state index in [9.17, 15) is 0 Å². The van der Waals surface area contributed by atoms with Crippen molar-refractivity contribution >= 4 is 0 Å². The number of hydrogen-bond acceptors (Lipinski definition) is 0. The average Bonchev–Trinajstić information content (AvgIpc) is 0. The van der Waals surface area contributed by atoms with Gasteiger partial charge in [0.2, 0.25) is 0 Å². The summed E-state index contributed by atoms with van der Waals surface area (Å²) in [5, 5.41) is 0. The zero-order chi connectivity index (χ0) is 0. The molecule has 0 aromatic rings. The van der Waals surface area contributed by atoms with Crippen LogP contribution in [0.1, 0.15) is 0 Å². The molecule has 0 aliphatic heterocycles. The fraction of sp³-hybridized carbons (Fsp3) is 0. The first kappa shape index (κ1) is 34.9. The molecule has 0 spiro atoms. The number of hydrogen-bond donors (Lipinski definition) is 0. The van der Waals surface area contributed by atoms with Gasteiger partial charge in [0, 0.05) is 0 Å². The molecule has 0 aromatic heterocycles. The fourth-order valence-corrected chi connectivity index (χ4v) is 0. The summed E-state index contributed by atoms with van der Waals surface area (Å²) in [5.74, 6) is 0. The quantitative estimate of drug-likeness (QED) is 0.542. The van der Waals surface area contributed by atoms with Gasteiger partial charge in [0.25, 0.3) is 0 Å². The van der Waals surface area contributed by atoms with Crippen LogP contribution in [-0.2, 0) is 31.7 Å². The molecular weight excluding hydrogens is 263 g/mol. The largest absolute Gasteiger partial charge is 4.00 e. The molecule has 0 saturated carbocycles. The summed E-state index contributed by atoms with van der Waals surface area (Å²) in [4.78, 5) is 0. The second kappa shape index (κ2) is 19.0. The molecule has 0 bridgehead atoms. The van der Waals surface area contributed by atoms with Crippen molar-refractivity contribution in [1.29, 1.82) is 0 Å². The van der Waals surface area contributed by atoms with Crippen molar-refractivity contribution in [3.8, 4) is 0 Å². The van der Waals surface area contributed by atoms with Gasteiger partial charge in [-0.05, 0) is 0 Å². The summed E-state index contributed by atoms with van der Waals surface area (Å²) in [7, 11) is 0. The summed E-state index contributed by atoms with van der Waals surface area (Å²) in [5.41, 5.74) is 0. The molecule has 4 heavy (non-hydrogen) atoms. The first-order chi connectivity index (χ1) is 0. The predicted molar refractivity (Wildman–Crippen MR) is 4.30 cm³/mol. The van der Waals surface area contributed by atoms with Gasteiger partial charge in [-0.1, -0.05) is 0 Å². The molecular formula is H2CeO2Zr+5. The molecule has 0 fully saturated rings. The molecule has 2 N–H and O–H groups in total. The van der Waals surface area contributed by atoms with Crippen molar-refractivity contribution in [3.63, 3.8) is 0 Å². The molecule has 0 unspecified atom stereocenters. The Balaban J connectivity index is 0. The van der Waals surface area contributed by atoms with Crippen molar-refractivity contribution in [2.75, 3.05) is 0 Å². The van der Waals surface area contributed by atoms with E-state index in [1.165, 1.54) is 0 Å². The first-order valence-electron chi connectivity index (χ1n) is 0. The molecule has 2 nitrogen and oxygen atoms in total. The van der Waals surface area contributed by atoms with Crippen molar-refractivity contribution in [3.05, 3.63) is 0 Å². The Hall–Kier alpha value is 2.18. The van der Waals surface area contributed by atoms with E-state index < -0.39 is 0 Å². The Labute approximate surface area is 77.5 Å². The SMILES string of the molecule is O.[Ce+3].[O-2].[Zr+4]. The fourth-order valence-electron chi connectivity index (χ4n) is 0. The van der Waals surface area contributed by atoms with Crippen molar-refractivity contribution in [1.82, 2.24) is 0 Å². The van der Waals surface area contributed by atoms with Gasteiger partial charge in [0.1, 0.15) is 0 Å². The molecule has 0 amide bonds. The zero-order valence-electron chi connectivity index (χ0n) is 1.91. The first-order valence-corrected chi connectivity index (χ1v) is 0. The molecule has 0 heterocycles. The van der Waals surface area contributed by atoms with E-state index in [4.69, 9.17) is 0 Å². The van der Waals surface area contributed by atoms with Crippen LogP contribution in [0.15, 0.2) is 0 Å². The van der Waals surface area contributed by atoms with Gasteiger partial charge in [-0.25, -0.2) is 0 Å². The Kier molecular flexibility index (Phi) is 166. The third-order valence-electron chi connectivity index (χ3n) is 0. The van der Waals surface area contributed by atoms with Crippen LogP contribution < -0.4 is 0 Å². The normalized spacial score (nSPS) is 0. The maximum Gasteiger partial charge on any atom is 4.00 e. The van der Waals surface area contributed by atoms with E-state index in [1.807, 2.05) is 0 Å². The standard InChI is InChI=1S/Ce.H2O.O.Zr/h;1H2;;/q+3;;-2;+4. The van der Waals surface area contributed by atoms with Crippen LogP contribution in [0.3, 0.4) is 0 Å². The van der Waals surface area contributed by atoms with E-state index in [2.05, 4.69) is 0 Å². The van der Waals surface area contributed by atoms with E-state index in [-0.39, 0.29) is 78.9 Å². The van der Waals surface area contributed by atoms with E-state index in [0.29, 0.717) is 0 Å². The van der Waals surface area contributed by atoms with Gasteiger partial charge in [-0.15, -0.1) is 0 Å². The average molecular weight is 265 g/mol. The summed E-state index contributed by atoms with van der Waals surface area (Å²) < 4.78 is 0. The molecule has 0 atom stereocenters. The van der Waals surface area contributed by atoms with Gasteiger partial charge < -0.3 is 11.0 Å². The van der Waals surface area contributed by atoms with Crippen molar-refractivity contribution in [2.24, 2.45) is 0 Å². The van der Waals surface area contributed by atoms with E-state index in [1.54, 1.807) is 0 Å². The maximum atomic E-state index is 0. The molecule has 0 aliphatic carbocycles. The van der Waals surface area contributed by atoms with Crippen molar-refractivity contribution in [2.45, 2.75) is 0 Å². The van der Waals surface area contributed by atoms with Crippen LogP contribution in [0.25, 0.3) is 0 Å². The third kappa shape index (κ3) is 8.89. The zero-order valence-corrected chi connectivity index (χ0v) is 7.51. The van der Waals surface area contributed by atoms with Gasteiger partial charge in [0.05, 0.1) is 0 Å². The van der Waals surface area contributed by atoms with Crippen LogP contribution in [0.2, 0.25) is 0 Å². The topological polar surface area (TPSA) is 60.0 Å². The van der Waals surface area contributed by atoms with E-state index >= 15 is 0 Å². The van der Waals surface area contributed by atoms with Gasteiger partial charge in [-0.2, -0.15) is 0 Å². The van der Waals surface area contributed by atoms with Gasteiger partial charge in [-0.3, -0.25) is 0 Å². The smallest absolute Gasteiger partial charge is 2.00 e. The minimum Gasteiger partial charge on any atom is -2.00 e. The molecule has 4 heteroatoms. The Morgan fingerprint density at radius 3 is 1.00 bits per heavy atom. The maximum absolute atomic E-state index is 0. The monoisotopic (exact) mass is 264 g/mol. The second-order valence-electron chi connectivity index (χ2n) is 0. The Bertz CT molecular complexity index is 6.00. The van der Waals surface area contributed by atoms with Crippen LogP contribution in [-0.4, -0.2) is 5.48 Å². The molecule has 0 aromatic carbocycles. The van der Waals surface area contributed by atoms with Crippen LogP contribution in [0, 0.1) is 41.7 Å².